The molecular weight excluding hydrogens is 194 g/mol. The molecule has 1 aliphatic rings. The van der Waals surface area contributed by atoms with E-state index in [-0.39, 0.29) is 21.7 Å². The summed E-state index contributed by atoms with van der Waals surface area (Å²) < 4.78 is 4.29. The van der Waals surface area contributed by atoms with Crippen molar-refractivity contribution in [1.82, 2.24) is 5.16 Å². The lowest BCUT2D eigenvalue weighted by molar-refractivity contribution is -0.721. The van der Waals surface area contributed by atoms with E-state index in [1.807, 2.05) is 0 Å². The standard InChI is InChI=1S/C6H5N3O5/c10-4-2-1-3(8(11)12)5-6(4)9(13)14-7-5/h1-2,4,7,10H. The van der Waals surface area contributed by atoms with Crippen molar-refractivity contribution in [3.05, 3.63) is 38.9 Å². The van der Waals surface area contributed by atoms with Crippen molar-refractivity contribution in [2.75, 3.05) is 0 Å². The number of aromatic nitrogens is 2. The predicted molar refractivity (Wildman–Crippen MR) is 41.6 cm³/mol. The third kappa shape index (κ3) is 1.01. The van der Waals surface area contributed by atoms with E-state index in [2.05, 4.69) is 9.79 Å². The molecule has 0 amide bonds. The topological polar surface area (TPSA) is 121 Å². The fraction of sp³-hybridized carbons (Fsp3) is 0.167. The third-order valence-electron chi connectivity index (χ3n) is 1.85. The molecule has 1 heterocycles. The van der Waals surface area contributed by atoms with Gasteiger partial charge < -0.3 is 15.5 Å². The van der Waals surface area contributed by atoms with Crippen LogP contribution in [0.25, 0.3) is 0 Å². The van der Waals surface area contributed by atoms with Crippen molar-refractivity contribution in [3.8, 4) is 0 Å². The van der Waals surface area contributed by atoms with E-state index in [9.17, 15) is 20.4 Å². The zero-order chi connectivity index (χ0) is 10.3. The zero-order valence-electron chi connectivity index (χ0n) is 6.71. The molecule has 0 saturated heterocycles. The number of aliphatic hydroxyl groups excluding tert-OH is 1. The van der Waals surface area contributed by atoms with Gasteiger partial charge in [-0.1, -0.05) is 9.79 Å². The maximum atomic E-state index is 10.9. The van der Waals surface area contributed by atoms with Crippen molar-refractivity contribution in [2.45, 2.75) is 6.10 Å². The Morgan fingerprint density at radius 1 is 1.64 bits per heavy atom. The van der Waals surface area contributed by atoms with E-state index in [1.165, 1.54) is 0 Å². The van der Waals surface area contributed by atoms with E-state index >= 15 is 0 Å². The number of rotatable bonds is 0. The number of nitrogens with one attached hydrogen (secondary N) is 1. The molecule has 74 valence electrons. The zero-order valence-corrected chi connectivity index (χ0v) is 6.71. The highest BCUT2D eigenvalue weighted by Crippen LogP contribution is 2.19. The molecular formula is C6H5N3O5. The van der Waals surface area contributed by atoms with Gasteiger partial charge in [0.2, 0.25) is 0 Å². The molecule has 0 aromatic carbocycles. The van der Waals surface area contributed by atoms with Crippen molar-refractivity contribution < 1.29 is 19.2 Å². The molecule has 1 atom stereocenters. The quantitative estimate of drug-likeness (QED) is 0.406. The highest BCUT2D eigenvalue weighted by molar-refractivity contribution is 6.05. The summed E-state index contributed by atoms with van der Waals surface area (Å²) in [5, 5.41) is 32.4. The predicted octanol–water partition coefficient (Wildman–Crippen LogP) is -1.08. The minimum atomic E-state index is -1.19. The summed E-state index contributed by atoms with van der Waals surface area (Å²) in [5.41, 5.74) is -0.636. The van der Waals surface area contributed by atoms with Gasteiger partial charge in [-0.25, -0.2) is 0 Å². The summed E-state index contributed by atoms with van der Waals surface area (Å²) in [6, 6.07) is 0. The van der Waals surface area contributed by atoms with Crippen LogP contribution in [0.2, 0.25) is 0 Å². The monoisotopic (exact) mass is 199 g/mol. The second-order valence-electron chi connectivity index (χ2n) is 2.66. The van der Waals surface area contributed by atoms with E-state index in [1.54, 1.807) is 0 Å². The average molecular weight is 199 g/mol. The van der Waals surface area contributed by atoms with Crippen LogP contribution in [-0.4, -0.2) is 20.9 Å². The highest BCUT2D eigenvalue weighted by atomic mass is 16.8. The van der Waals surface area contributed by atoms with E-state index in [0.717, 1.165) is 12.2 Å². The van der Waals surface area contributed by atoms with Gasteiger partial charge in [0.15, 0.2) is 4.60 Å². The molecule has 0 radical (unpaired) electrons. The van der Waals surface area contributed by atoms with Gasteiger partial charge in [-0.05, 0) is 11.0 Å². The van der Waals surface area contributed by atoms with E-state index in [0.29, 0.717) is 0 Å². The highest BCUT2D eigenvalue weighted by Gasteiger charge is 2.35. The van der Waals surface area contributed by atoms with Gasteiger partial charge in [0, 0.05) is 6.08 Å². The number of aromatic amines is 1. The Morgan fingerprint density at radius 3 is 3.00 bits per heavy atom. The molecule has 0 fully saturated rings. The van der Waals surface area contributed by atoms with Crippen molar-refractivity contribution in [3.63, 3.8) is 0 Å². The molecule has 2 rings (SSSR count). The first kappa shape index (κ1) is 8.51. The second kappa shape index (κ2) is 2.70. The van der Waals surface area contributed by atoms with Gasteiger partial charge in [-0.15, -0.1) is 0 Å². The third-order valence-corrected chi connectivity index (χ3v) is 1.85. The number of fused-ring (bicyclic) bond motifs is 1. The van der Waals surface area contributed by atoms with Crippen molar-refractivity contribution in [1.29, 1.82) is 0 Å². The van der Waals surface area contributed by atoms with Gasteiger partial charge >= 0.3 is 0 Å². The van der Waals surface area contributed by atoms with Crippen LogP contribution in [0.5, 0.6) is 0 Å². The minimum Gasteiger partial charge on any atom is -0.612 e. The maximum absolute atomic E-state index is 10.9. The van der Waals surface area contributed by atoms with Crippen LogP contribution < -0.4 is 4.60 Å². The average Bonchev–Trinajstić information content (AvgIpc) is 2.49. The number of aliphatic hydroxyl groups is 1. The Kier molecular flexibility index (Phi) is 1.64. The Labute approximate surface area is 76.1 Å². The summed E-state index contributed by atoms with van der Waals surface area (Å²) in [7, 11) is 0. The van der Waals surface area contributed by atoms with Crippen LogP contribution in [0.15, 0.2) is 16.8 Å². The Bertz CT molecular complexity index is 478. The molecule has 8 nitrogen and oxygen atoms in total. The number of H-pyrrole nitrogens is 1. The Hall–Kier alpha value is -2.09. The summed E-state index contributed by atoms with van der Waals surface area (Å²) in [6.07, 6.45) is 1.05. The van der Waals surface area contributed by atoms with Gasteiger partial charge in [0.05, 0.1) is 0 Å². The van der Waals surface area contributed by atoms with Crippen LogP contribution >= 0.6 is 0 Å². The molecule has 2 N–H and O–H groups in total. The summed E-state index contributed by atoms with van der Waals surface area (Å²) in [6.45, 7) is 0. The molecule has 8 heteroatoms. The number of nitrogens with zero attached hydrogens (tertiary/aromatic N) is 2. The first-order chi connectivity index (χ1) is 6.61. The largest absolute Gasteiger partial charge is 0.612 e. The number of hydrogen-bond acceptors (Lipinski definition) is 5. The first-order valence-corrected chi connectivity index (χ1v) is 3.63. The smallest absolute Gasteiger partial charge is 0.291 e. The molecule has 1 unspecified atom stereocenters. The lowest BCUT2D eigenvalue weighted by atomic mass is 10.0. The molecule has 14 heavy (non-hydrogen) atoms. The number of allylic oxidation sites excluding steroid dienone is 1. The first-order valence-electron chi connectivity index (χ1n) is 3.63. The normalized spacial score (nSPS) is 19.5. The summed E-state index contributed by atoms with van der Waals surface area (Å²) >= 11 is 0. The van der Waals surface area contributed by atoms with Crippen LogP contribution in [-0.2, 0) is 0 Å². The van der Waals surface area contributed by atoms with Gasteiger partial charge in [-0.2, -0.15) is 4.90 Å². The molecule has 0 saturated carbocycles. The van der Waals surface area contributed by atoms with Crippen LogP contribution in [0.4, 0.5) is 0 Å². The fourth-order valence-electron chi connectivity index (χ4n) is 1.23. The molecule has 1 aromatic rings. The van der Waals surface area contributed by atoms with Gasteiger partial charge in [0.1, 0.15) is 6.10 Å². The summed E-state index contributed by atoms with van der Waals surface area (Å²) in [5.74, 6) is 0. The number of hydrogen-bond donors (Lipinski definition) is 2. The molecule has 1 aromatic heterocycles. The fourth-order valence-corrected chi connectivity index (χ4v) is 1.23. The molecule has 0 spiro atoms. The van der Waals surface area contributed by atoms with Gasteiger partial charge in [0.25, 0.3) is 17.1 Å². The minimum absolute atomic E-state index is 0.00694. The SMILES string of the molecule is O=[n+]1o[nH]c2c1C(O)C=CC2=[N+]([O-])[O-]. The Morgan fingerprint density at radius 2 is 2.36 bits per heavy atom. The molecule has 0 bridgehead atoms. The summed E-state index contributed by atoms with van der Waals surface area (Å²) in [4.78, 5) is 10.3. The van der Waals surface area contributed by atoms with Crippen LogP contribution in [0, 0.1) is 15.3 Å². The van der Waals surface area contributed by atoms with Crippen LogP contribution in [0.3, 0.4) is 0 Å². The van der Waals surface area contributed by atoms with Crippen LogP contribution in [0.1, 0.15) is 17.5 Å². The lowest BCUT2D eigenvalue weighted by Crippen LogP contribution is -2.25. The van der Waals surface area contributed by atoms with E-state index in [4.69, 9.17) is 0 Å². The van der Waals surface area contributed by atoms with Gasteiger partial charge in [-0.3, -0.25) is 0 Å². The lowest BCUT2D eigenvalue weighted by Gasteiger charge is -2.08. The van der Waals surface area contributed by atoms with Crippen molar-refractivity contribution >= 4 is 5.71 Å². The maximum Gasteiger partial charge on any atom is 0.291 e. The molecule has 0 aliphatic heterocycles. The van der Waals surface area contributed by atoms with Crippen molar-refractivity contribution in [2.24, 2.45) is 0 Å². The second-order valence-corrected chi connectivity index (χ2v) is 2.66. The van der Waals surface area contributed by atoms with E-state index < -0.39 is 11.0 Å². The Balaban J connectivity index is 2.72. The molecule has 1 aliphatic carbocycles.